The average Bonchev–Trinajstić information content (AvgIpc) is 3.49. The van der Waals surface area contributed by atoms with Crippen molar-refractivity contribution in [2.24, 2.45) is 0 Å². The van der Waals surface area contributed by atoms with Gasteiger partial charge in [0, 0.05) is 24.2 Å². The lowest BCUT2D eigenvalue weighted by molar-refractivity contribution is -0.173. The van der Waals surface area contributed by atoms with Crippen molar-refractivity contribution in [1.29, 1.82) is 0 Å². The maximum absolute atomic E-state index is 14.0. The lowest BCUT2D eigenvalue weighted by Gasteiger charge is -2.33. The monoisotopic (exact) mass is 488 g/mol. The molecule has 0 bridgehead atoms. The molecule has 1 amide bonds. The second-order valence-corrected chi connectivity index (χ2v) is 8.27. The summed E-state index contributed by atoms with van der Waals surface area (Å²) in [5.41, 5.74) is 0.866. The van der Waals surface area contributed by atoms with Gasteiger partial charge < -0.3 is 29.6 Å². The van der Waals surface area contributed by atoms with E-state index in [4.69, 9.17) is 18.9 Å². The number of halogens is 3. The van der Waals surface area contributed by atoms with E-state index in [-0.39, 0.29) is 24.7 Å². The van der Waals surface area contributed by atoms with Crippen LogP contribution in [0.25, 0.3) is 0 Å². The number of benzene rings is 2. The van der Waals surface area contributed by atoms with Crippen LogP contribution in [0.4, 0.5) is 24.7 Å². The lowest BCUT2D eigenvalue weighted by Crippen LogP contribution is -2.35. The average molecular weight is 488 g/mol. The molecule has 2 aromatic carbocycles. The van der Waals surface area contributed by atoms with Crippen molar-refractivity contribution in [2.75, 3.05) is 30.6 Å². The summed E-state index contributed by atoms with van der Waals surface area (Å²) in [4.78, 5) is 12.8. The second-order valence-electron chi connectivity index (χ2n) is 8.27. The van der Waals surface area contributed by atoms with E-state index in [1.165, 1.54) is 6.07 Å². The summed E-state index contributed by atoms with van der Waals surface area (Å²) in [7, 11) is 0. The summed E-state index contributed by atoms with van der Waals surface area (Å²) in [6, 6.07) is 8.61. The number of amides is 1. The SMILES string of the molecule is O=C(Nc1ccc2c(c1)OCCO2)c1cc2n(n1)[C@H](C(F)(F)F)C[C@H](c1ccc3c(c1)OCO3)N2. The van der Waals surface area contributed by atoms with Crippen molar-refractivity contribution < 1.29 is 36.9 Å². The van der Waals surface area contributed by atoms with Gasteiger partial charge in [-0.25, -0.2) is 4.68 Å². The molecule has 0 saturated heterocycles. The third-order valence-electron chi connectivity index (χ3n) is 6.02. The van der Waals surface area contributed by atoms with Crippen molar-refractivity contribution in [3.63, 3.8) is 0 Å². The van der Waals surface area contributed by atoms with Crippen molar-refractivity contribution in [1.82, 2.24) is 9.78 Å². The molecule has 35 heavy (non-hydrogen) atoms. The molecule has 3 aliphatic rings. The number of hydrogen-bond acceptors (Lipinski definition) is 7. The standard InChI is InChI=1S/C23H19F3N4O5/c24-23(25,26)20-9-14(12-1-3-17-18(7-12)35-11-34-17)28-21-10-15(29-30(20)21)22(31)27-13-2-4-16-19(8-13)33-6-5-32-16/h1-4,7-8,10,14,20,28H,5-6,9,11H2,(H,27,31)/t14-,20+/m1/s1. The number of anilines is 2. The van der Waals surface area contributed by atoms with E-state index >= 15 is 0 Å². The Kier molecular flexibility index (Phi) is 4.90. The van der Waals surface area contributed by atoms with Gasteiger partial charge in [0.25, 0.3) is 5.91 Å². The number of carbonyl (C=O) groups is 1. The summed E-state index contributed by atoms with van der Waals surface area (Å²) in [5.74, 6) is 1.49. The molecule has 0 aliphatic carbocycles. The number of alkyl halides is 3. The van der Waals surface area contributed by atoms with Crippen LogP contribution in [0.2, 0.25) is 0 Å². The van der Waals surface area contributed by atoms with Crippen LogP contribution in [0.1, 0.15) is 34.6 Å². The van der Waals surface area contributed by atoms with Gasteiger partial charge >= 0.3 is 6.18 Å². The molecule has 2 atom stereocenters. The quantitative estimate of drug-likeness (QED) is 0.568. The van der Waals surface area contributed by atoms with Gasteiger partial charge in [0.1, 0.15) is 19.0 Å². The first-order valence-corrected chi connectivity index (χ1v) is 10.9. The number of ether oxygens (including phenoxy) is 4. The molecule has 12 heteroatoms. The van der Waals surface area contributed by atoms with Gasteiger partial charge in [-0.15, -0.1) is 0 Å². The van der Waals surface area contributed by atoms with Crippen LogP contribution in [0.5, 0.6) is 23.0 Å². The maximum Gasteiger partial charge on any atom is 0.410 e. The molecule has 0 saturated carbocycles. The van der Waals surface area contributed by atoms with E-state index in [1.54, 1.807) is 36.4 Å². The lowest BCUT2D eigenvalue weighted by atomic mass is 9.96. The number of rotatable bonds is 3. The molecule has 0 fully saturated rings. The van der Waals surface area contributed by atoms with Crippen molar-refractivity contribution in [3.8, 4) is 23.0 Å². The van der Waals surface area contributed by atoms with Crippen molar-refractivity contribution in [2.45, 2.75) is 24.7 Å². The fourth-order valence-corrected chi connectivity index (χ4v) is 4.35. The number of nitrogens with one attached hydrogen (secondary N) is 2. The molecular weight excluding hydrogens is 469 g/mol. The van der Waals surface area contributed by atoms with Gasteiger partial charge in [-0.1, -0.05) is 6.07 Å². The molecule has 3 aromatic rings. The van der Waals surface area contributed by atoms with Crippen LogP contribution in [0.3, 0.4) is 0 Å². The Hall–Kier alpha value is -4.09. The van der Waals surface area contributed by atoms with E-state index in [1.807, 2.05) is 0 Å². The molecular formula is C23H19F3N4O5. The zero-order valence-corrected chi connectivity index (χ0v) is 18.1. The normalized spacial score (nSPS) is 20.1. The zero-order chi connectivity index (χ0) is 24.2. The van der Waals surface area contributed by atoms with E-state index in [0.717, 1.165) is 4.68 Å². The highest BCUT2D eigenvalue weighted by Crippen LogP contribution is 2.45. The van der Waals surface area contributed by atoms with Gasteiger partial charge in [-0.2, -0.15) is 18.3 Å². The molecule has 4 heterocycles. The highest BCUT2D eigenvalue weighted by Gasteiger charge is 2.47. The Bertz CT molecular complexity index is 1310. The summed E-state index contributed by atoms with van der Waals surface area (Å²) >= 11 is 0. The molecule has 2 N–H and O–H groups in total. The first-order chi connectivity index (χ1) is 16.8. The van der Waals surface area contributed by atoms with Crippen LogP contribution in [0.15, 0.2) is 42.5 Å². The van der Waals surface area contributed by atoms with Gasteiger partial charge in [0.15, 0.2) is 34.7 Å². The maximum atomic E-state index is 14.0. The van der Waals surface area contributed by atoms with Gasteiger partial charge in [0.2, 0.25) is 6.79 Å². The summed E-state index contributed by atoms with van der Waals surface area (Å²) in [6.07, 6.45) is -4.87. The topological polar surface area (TPSA) is 95.9 Å². The molecule has 182 valence electrons. The highest BCUT2D eigenvalue weighted by molar-refractivity contribution is 6.03. The predicted octanol–water partition coefficient (Wildman–Crippen LogP) is 4.30. The van der Waals surface area contributed by atoms with E-state index < -0.39 is 24.2 Å². The van der Waals surface area contributed by atoms with Crippen LogP contribution in [0, 0.1) is 0 Å². The Balaban J connectivity index is 1.27. The predicted molar refractivity (Wildman–Crippen MR) is 116 cm³/mol. The molecule has 3 aliphatic heterocycles. The minimum absolute atomic E-state index is 0.0661. The molecule has 0 unspecified atom stereocenters. The number of fused-ring (bicyclic) bond motifs is 3. The molecule has 9 nitrogen and oxygen atoms in total. The van der Waals surface area contributed by atoms with Gasteiger partial charge in [-0.05, 0) is 29.8 Å². The van der Waals surface area contributed by atoms with Crippen molar-refractivity contribution >= 4 is 17.4 Å². The Morgan fingerprint density at radius 2 is 1.69 bits per heavy atom. The zero-order valence-electron chi connectivity index (χ0n) is 18.1. The van der Waals surface area contributed by atoms with Crippen LogP contribution in [-0.4, -0.2) is 41.9 Å². The molecule has 1 aromatic heterocycles. The number of nitrogens with zero attached hydrogens (tertiary/aromatic N) is 2. The summed E-state index contributed by atoms with van der Waals surface area (Å²) in [6.45, 7) is 0.878. The van der Waals surface area contributed by atoms with E-state index in [0.29, 0.717) is 47.5 Å². The third-order valence-corrected chi connectivity index (χ3v) is 6.02. The number of hydrogen-bond donors (Lipinski definition) is 2. The Labute approximate surface area is 196 Å². The minimum atomic E-state index is -4.57. The fraction of sp³-hybridized carbons (Fsp3) is 0.304. The fourth-order valence-electron chi connectivity index (χ4n) is 4.35. The second kappa shape index (κ2) is 8.00. The summed E-state index contributed by atoms with van der Waals surface area (Å²) in [5, 5.41) is 9.72. The van der Waals surface area contributed by atoms with Crippen LogP contribution in [-0.2, 0) is 0 Å². The first kappa shape index (κ1) is 21.4. The van der Waals surface area contributed by atoms with Crippen LogP contribution >= 0.6 is 0 Å². The number of carbonyl (C=O) groups excluding carboxylic acids is 1. The van der Waals surface area contributed by atoms with Gasteiger partial charge in [0.05, 0.1) is 6.04 Å². The van der Waals surface area contributed by atoms with E-state index in [2.05, 4.69) is 15.7 Å². The Morgan fingerprint density at radius 1 is 0.971 bits per heavy atom. The molecule has 0 radical (unpaired) electrons. The smallest absolute Gasteiger partial charge is 0.410 e. The first-order valence-electron chi connectivity index (χ1n) is 10.9. The highest BCUT2D eigenvalue weighted by atomic mass is 19.4. The largest absolute Gasteiger partial charge is 0.486 e. The van der Waals surface area contributed by atoms with Crippen molar-refractivity contribution in [3.05, 3.63) is 53.7 Å². The summed E-state index contributed by atoms with van der Waals surface area (Å²) < 4.78 is 64.4. The minimum Gasteiger partial charge on any atom is -0.486 e. The third kappa shape index (κ3) is 3.94. The van der Waals surface area contributed by atoms with E-state index in [9.17, 15) is 18.0 Å². The van der Waals surface area contributed by atoms with Crippen LogP contribution < -0.4 is 29.6 Å². The number of aromatic nitrogens is 2. The Morgan fingerprint density at radius 3 is 2.51 bits per heavy atom. The molecule has 0 spiro atoms. The molecule has 6 rings (SSSR count). The van der Waals surface area contributed by atoms with Gasteiger partial charge in [-0.3, -0.25) is 4.79 Å².